The van der Waals surface area contributed by atoms with Gasteiger partial charge in [0, 0.05) is 23.3 Å². The molecule has 0 aliphatic rings. The van der Waals surface area contributed by atoms with Crippen LogP contribution < -0.4 is 4.90 Å². The third-order valence-electron chi connectivity index (χ3n) is 2.34. The van der Waals surface area contributed by atoms with Gasteiger partial charge in [0.2, 0.25) is 0 Å². The Morgan fingerprint density at radius 2 is 1.93 bits per heavy atom. The zero-order chi connectivity index (χ0) is 10.9. The molecule has 0 aliphatic carbocycles. The van der Waals surface area contributed by atoms with Crippen molar-refractivity contribution in [2.75, 3.05) is 11.9 Å². The zero-order valence-corrected chi connectivity index (χ0v) is 11.0. The second-order valence-electron chi connectivity index (χ2n) is 4.52. The molecule has 0 bridgehead atoms. The second kappa shape index (κ2) is 3.89. The molecular weight excluding hydrogens is 240 g/mol. The molecule has 1 heterocycles. The van der Waals surface area contributed by atoms with Crippen molar-refractivity contribution in [3.05, 3.63) is 22.3 Å². The van der Waals surface area contributed by atoms with Gasteiger partial charge in [-0.05, 0) is 55.3 Å². The van der Waals surface area contributed by atoms with Gasteiger partial charge in [-0.1, -0.05) is 0 Å². The van der Waals surface area contributed by atoms with Crippen molar-refractivity contribution in [2.45, 2.75) is 33.2 Å². The molecule has 0 saturated heterocycles. The first-order valence-electron chi connectivity index (χ1n) is 4.68. The maximum atomic E-state index is 4.42. The maximum absolute atomic E-state index is 4.42. The number of aromatic nitrogens is 1. The third-order valence-corrected chi connectivity index (χ3v) is 2.77. The molecule has 0 radical (unpaired) electrons. The van der Waals surface area contributed by atoms with Gasteiger partial charge in [-0.2, -0.15) is 0 Å². The van der Waals surface area contributed by atoms with Crippen LogP contribution in [0.4, 0.5) is 5.82 Å². The lowest BCUT2D eigenvalue weighted by atomic mass is 10.1. The highest BCUT2D eigenvalue weighted by Crippen LogP contribution is 2.24. The second-order valence-corrected chi connectivity index (χ2v) is 5.44. The van der Waals surface area contributed by atoms with Crippen molar-refractivity contribution in [1.29, 1.82) is 0 Å². The van der Waals surface area contributed by atoms with Gasteiger partial charge in [-0.25, -0.2) is 4.98 Å². The Balaban J connectivity index is 3.08. The number of hydrogen-bond donors (Lipinski definition) is 0. The summed E-state index contributed by atoms with van der Waals surface area (Å²) in [5.41, 5.74) is 1.29. The van der Waals surface area contributed by atoms with E-state index in [1.54, 1.807) is 0 Å². The van der Waals surface area contributed by atoms with Gasteiger partial charge in [0.25, 0.3) is 0 Å². The summed E-state index contributed by atoms with van der Waals surface area (Å²) in [5.74, 6) is 1.04. The molecule has 0 unspecified atom stereocenters. The highest BCUT2D eigenvalue weighted by Gasteiger charge is 2.19. The predicted octanol–water partition coefficient (Wildman–Crippen LogP) is 3.39. The number of aryl methyl sites for hydroxylation is 1. The van der Waals surface area contributed by atoms with Gasteiger partial charge in [0.05, 0.1) is 0 Å². The van der Waals surface area contributed by atoms with Gasteiger partial charge in [0.1, 0.15) is 5.82 Å². The van der Waals surface area contributed by atoms with Gasteiger partial charge in [0.15, 0.2) is 0 Å². The van der Waals surface area contributed by atoms with Gasteiger partial charge >= 0.3 is 0 Å². The van der Waals surface area contributed by atoms with Crippen LogP contribution in [-0.2, 0) is 0 Å². The lowest BCUT2D eigenvalue weighted by molar-refractivity contribution is 0.533. The third kappa shape index (κ3) is 2.47. The molecule has 2 nitrogen and oxygen atoms in total. The van der Waals surface area contributed by atoms with Crippen LogP contribution in [0.1, 0.15) is 26.3 Å². The highest BCUT2D eigenvalue weighted by molar-refractivity contribution is 9.10. The van der Waals surface area contributed by atoms with E-state index in [4.69, 9.17) is 0 Å². The summed E-state index contributed by atoms with van der Waals surface area (Å²) in [4.78, 5) is 6.61. The van der Waals surface area contributed by atoms with Gasteiger partial charge in [-0.15, -0.1) is 0 Å². The molecule has 78 valence electrons. The van der Waals surface area contributed by atoms with Crippen molar-refractivity contribution in [1.82, 2.24) is 4.98 Å². The molecule has 14 heavy (non-hydrogen) atoms. The summed E-state index contributed by atoms with van der Waals surface area (Å²) >= 11 is 3.41. The van der Waals surface area contributed by atoms with E-state index in [2.05, 4.69) is 66.6 Å². The normalized spacial score (nSPS) is 11.6. The van der Waals surface area contributed by atoms with Crippen LogP contribution >= 0.6 is 15.9 Å². The quantitative estimate of drug-likeness (QED) is 0.766. The average Bonchev–Trinajstić information content (AvgIpc) is 2.01. The Morgan fingerprint density at radius 1 is 1.36 bits per heavy atom. The lowest BCUT2D eigenvalue weighted by Gasteiger charge is -2.34. The SMILES string of the molecule is Cc1cc(Br)cnc1N(C)C(C)(C)C. The first kappa shape index (κ1) is 11.5. The van der Waals surface area contributed by atoms with E-state index in [1.807, 2.05) is 6.20 Å². The molecule has 0 fully saturated rings. The first-order chi connectivity index (χ1) is 6.32. The van der Waals surface area contributed by atoms with Crippen LogP contribution in [0.5, 0.6) is 0 Å². The molecule has 0 atom stereocenters. The molecule has 1 rings (SSSR count). The molecule has 0 N–H and O–H groups in total. The largest absolute Gasteiger partial charge is 0.355 e. The number of hydrogen-bond acceptors (Lipinski definition) is 2. The minimum Gasteiger partial charge on any atom is -0.355 e. The molecular formula is C11H17BrN2. The number of halogens is 1. The van der Waals surface area contributed by atoms with E-state index in [1.165, 1.54) is 5.56 Å². The number of nitrogens with zero attached hydrogens (tertiary/aromatic N) is 2. The number of rotatable bonds is 1. The summed E-state index contributed by atoms with van der Waals surface area (Å²) in [6.45, 7) is 8.61. The van der Waals surface area contributed by atoms with Gasteiger partial charge < -0.3 is 4.90 Å². The molecule has 0 aromatic carbocycles. The summed E-state index contributed by atoms with van der Waals surface area (Å²) in [7, 11) is 2.07. The Morgan fingerprint density at radius 3 is 2.36 bits per heavy atom. The topological polar surface area (TPSA) is 16.1 Å². The fourth-order valence-corrected chi connectivity index (χ4v) is 1.65. The fraction of sp³-hybridized carbons (Fsp3) is 0.545. The molecule has 0 amide bonds. The summed E-state index contributed by atoms with van der Waals surface area (Å²) in [6.07, 6.45) is 1.84. The molecule has 0 saturated carbocycles. The van der Waals surface area contributed by atoms with E-state index in [0.717, 1.165) is 10.3 Å². The Labute approximate surface area is 94.5 Å². The standard InChI is InChI=1S/C11H17BrN2/c1-8-6-9(12)7-13-10(8)14(5)11(2,3)4/h6-7H,1-5H3. The van der Waals surface area contributed by atoms with Crippen LogP contribution in [0.15, 0.2) is 16.7 Å². The lowest BCUT2D eigenvalue weighted by Crippen LogP contribution is -2.39. The van der Waals surface area contributed by atoms with Gasteiger partial charge in [-0.3, -0.25) is 0 Å². The number of anilines is 1. The summed E-state index contributed by atoms with van der Waals surface area (Å²) < 4.78 is 1.03. The van der Waals surface area contributed by atoms with E-state index < -0.39 is 0 Å². The van der Waals surface area contributed by atoms with Crippen molar-refractivity contribution in [2.24, 2.45) is 0 Å². The van der Waals surface area contributed by atoms with Crippen molar-refractivity contribution in [3.8, 4) is 0 Å². The predicted molar refractivity (Wildman–Crippen MR) is 64.8 cm³/mol. The van der Waals surface area contributed by atoms with E-state index >= 15 is 0 Å². The summed E-state index contributed by atoms with van der Waals surface area (Å²) in [6, 6.07) is 2.09. The van der Waals surface area contributed by atoms with E-state index in [-0.39, 0.29) is 5.54 Å². The van der Waals surface area contributed by atoms with Crippen LogP contribution in [0.3, 0.4) is 0 Å². The number of pyridine rings is 1. The Kier molecular flexibility index (Phi) is 3.20. The molecule has 0 aliphatic heterocycles. The van der Waals surface area contributed by atoms with Crippen LogP contribution in [-0.4, -0.2) is 17.6 Å². The molecule has 1 aromatic rings. The summed E-state index contributed by atoms with van der Waals surface area (Å²) in [5, 5.41) is 0. The zero-order valence-electron chi connectivity index (χ0n) is 9.43. The van der Waals surface area contributed by atoms with Crippen LogP contribution in [0.2, 0.25) is 0 Å². The average molecular weight is 257 g/mol. The molecule has 0 spiro atoms. The monoisotopic (exact) mass is 256 g/mol. The highest BCUT2D eigenvalue weighted by atomic mass is 79.9. The van der Waals surface area contributed by atoms with E-state index in [0.29, 0.717) is 0 Å². The van der Waals surface area contributed by atoms with Crippen molar-refractivity contribution in [3.63, 3.8) is 0 Å². The van der Waals surface area contributed by atoms with Crippen molar-refractivity contribution < 1.29 is 0 Å². The molecule has 3 heteroatoms. The Hall–Kier alpha value is -0.570. The fourth-order valence-electron chi connectivity index (χ4n) is 1.20. The maximum Gasteiger partial charge on any atom is 0.131 e. The van der Waals surface area contributed by atoms with Crippen molar-refractivity contribution >= 4 is 21.7 Å². The first-order valence-corrected chi connectivity index (χ1v) is 5.47. The van der Waals surface area contributed by atoms with Crippen LogP contribution in [0, 0.1) is 6.92 Å². The Bertz CT molecular complexity index is 329. The van der Waals surface area contributed by atoms with Crippen LogP contribution in [0.25, 0.3) is 0 Å². The smallest absolute Gasteiger partial charge is 0.131 e. The minimum absolute atomic E-state index is 0.103. The minimum atomic E-state index is 0.103. The molecule has 1 aromatic heterocycles. The van der Waals surface area contributed by atoms with E-state index in [9.17, 15) is 0 Å².